The molecule has 0 saturated carbocycles. The van der Waals surface area contributed by atoms with Gasteiger partial charge in [-0.05, 0) is 33.2 Å². The van der Waals surface area contributed by atoms with Crippen LogP contribution < -0.4 is 11.5 Å². The standard InChI is InChI=1S/C25H30F3N7/c1-4-35(12-11-34(2)3)21-9-10-24(30,13-19(21)29)23-32-15-18(25(26,27)28)22(33-23)17-14-31-20-8-6-5-7-16(17)20/h5-10,14-15,31H,4,11-13,29-30H2,1-3H3. The Kier molecular flexibility index (Phi) is 6.61. The summed E-state index contributed by atoms with van der Waals surface area (Å²) < 4.78 is 41.7. The third kappa shape index (κ3) is 4.89. The van der Waals surface area contributed by atoms with Gasteiger partial charge in [0.1, 0.15) is 11.1 Å². The van der Waals surface area contributed by atoms with Crippen LogP contribution in [0.4, 0.5) is 13.2 Å². The zero-order valence-corrected chi connectivity index (χ0v) is 20.0. The van der Waals surface area contributed by atoms with E-state index in [1.54, 1.807) is 24.3 Å². The number of nitrogens with two attached hydrogens (primary N) is 2. The van der Waals surface area contributed by atoms with Crippen molar-refractivity contribution in [3.63, 3.8) is 0 Å². The van der Waals surface area contributed by atoms with Crippen molar-refractivity contribution in [3.8, 4) is 11.3 Å². The number of para-hydroxylation sites is 1. The second kappa shape index (κ2) is 9.35. The molecule has 0 radical (unpaired) electrons. The van der Waals surface area contributed by atoms with E-state index >= 15 is 0 Å². The molecule has 7 nitrogen and oxygen atoms in total. The molecule has 0 aliphatic heterocycles. The number of aromatic nitrogens is 3. The van der Waals surface area contributed by atoms with Gasteiger partial charge < -0.3 is 26.3 Å². The van der Waals surface area contributed by atoms with E-state index in [4.69, 9.17) is 11.5 Å². The number of rotatable bonds is 7. The molecule has 0 spiro atoms. The van der Waals surface area contributed by atoms with Gasteiger partial charge in [-0.25, -0.2) is 9.97 Å². The van der Waals surface area contributed by atoms with E-state index in [0.29, 0.717) is 22.2 Å². The minimum absolute atomic E-state index is 0.0837. The highest BCUT2D eigenvalue weighted by Gasteiger charge is 2.39. The molecule has 0 bridgehead atoms. The molecule has 186 valence electrons. The molecule has 1 unspecified atom stereocenters. The van der Waals surface area contributed by atoms with Gasteiger partial charge in [-0.15, -0.1) is 0 Å². The Morgan fingerprint density at radius 3 is 2.57 bits per heavy atom. The van der Waals surface area contributed by atoms with Crippen LogP contribution in [-0.4, -0.2) is 58.5 Å². The number of hydrogen-bond acceptors (Lipinski definition) is 6. The molecule has 1 aliphatic rings. The molecule has 5 N–H and O–H groups in total. The van der Waals surface area contributed by atoms with Gasteiger partial charge in [0.15, 0.2) is 5.82 Å². The number of fused-ring (bicyclic) bond motifs is 1. The molecule has 0 saturated heterocycles. The molecule has 2 aromatic heterocycles. The van der Waals surface area contributed by atoms with Gasteiger partial charge in [0, 0.05) is 60.6 Å². The Hall–Kier alpha value is -3.37. The Labute approximate surface area is 202 Å². The second-order valence-corrected chi connectivity index (χ2v) is 9.05. The van der Waals surface area contributed by atoms with E-state index in [9.17, 15) is 13.2 Å². The third-order valence-corrected chi connectivity index (χ3v) is 6.24. The number of benzene rings is 1. The molecule has 10 heteroatoms. The summed E-state index contributed by atoms with van der Waals surface area (Å²) in [5.74, 6) is 0.0837. The van der Waals surface area contributed by atoms with Crippen LogP contribution in [0, 0.1) is 0 Å². The quantitative estimate of drug-likeness (QED) is 0.471. The van der Waals surface area contributed by atoms with Gasteiger partial charge in [0.25, 0.3) is 0 Å². The predicted molar refractivity (Wildman–Crippen MR) is 131 cm³/mol. The SMILES string of the molecule is CCN(CCN(C)C)C1=C(N)CC(N)(c2ncc(C(F)(F)F)c(-c3c[nH]c4ccccc34)n2)C=C1. The van der Waals surface area contributed by atoms with Gasteiger partial charge in [-0.3, -0.25) is 0 Å². The fraction of sp³-hybridized carbons (Fsp3) is 0.360. The summed E-state index contributed by atoms with van der Waals surface area (Å²) >= 11 is 0. The topological polar surface area (TPSA) is 100 Å². The highest BCUT2D eigenvalue weighted by molar-refractivity contribution is 5.95. The minimum atomic E-state index is -4.63. The summed E-state index contributed by atoms with van der Waals surface area (Å²) in [7, 11) is 4.00. The third-order valence-electron chi connectivity index (χ3n) is 6.24. The maximum absolute atomic E-state index is 13.9. The lowest BCUT2D eigenvalue weighted by atomic mass is 9.87. The summed E-state index contributed by atoms with van der Waals surface area (Å²) in [6.07, 6.45) is 1.46. The lowest BCUT2D eigenvalue weighted by molar-refractivity contribution is -0.137. The lowest BCUT2D eigenvalue weighted by Crippen LogP contribution is -2.42. The van der Waals surface area contributed by atoms with Crippen LogP contribution in [-0.2, 0) is 11.7 Å². The number of nitrogens with one attached hydrogen (secondary N) is 1. The fourth-order valence-electron chi connectivity index (χ4n) is 4.32. The largest absolute Gasteiger partial charge is 0.419 e. The molecule has 0 fully saturated rings. The van der Waals surface area contributed by atoms with Crippen molar-refractivity contribution in [1.82, 2.24) is 24.8 Å². The van der Waals surface area contributed by atoms with Gasteiger partial charge in [0.2, 0.25) is 0 Å². The van der Waals surface area contributed by atoms with Crippen LogP contribution in [0.3, 0.4) is 0 Å². The predicted octanol–water partition coefficient (Wildman–Crippen LogP) is 3.81. The maximum Gasteiger partial charge on any atom is 0.419 e. The van der Waals surface area contributed by atoms with E-state index in [1.165, 1.54) is 6.20 Å². The van der Waals surface area contributed by atoms with E-state index < -0.39 is 17.3 Å². The first-order valence-electron chi connectivity index (χ1n) is 11.4. The molecular formula is C25H30F3N7. The molecule has 1 aromatic carbocycles. The van der Waals surface area contributed by atoms with Crippen LogP contribution in [0.2, 0.25) is 0 Å². The van der Waals surface area contributed by atoms with Crippen molar-refractivity contribution in [2.75, 3.05) is 33.7 Å². The van der Waals surface area contributed by atoms with Crippen LogP contribution in [0.25, 0.3) is 22.2 Å². The Balaban J connectivity index is 1.74. The summed E-state index contributed by atoms with van der Waals surface area (Å²) in [5, 5.41) is 0.633. The van der Waals surface area contributed by atoms with Crippen LogP contribution in [0.1, 0.15) is 24.7 Å². The van der Waals surface area contributed by atoms with Gasteiger partial charge in [-0.1, -0.05) is 24.3 Å². The number of halogens is 3. The number of hydrogen-bond donors (Lipinski definition) is 3. The number of nitrogens with zero attached hydrogens (tertiary/aromatic N) is 4. The van der Waals surface area contributed by atoms with Crippen molar-refractivity contribution < 1.29 is 13.2 Å². The molecule has 0 amide bonds. The van der Waals surface area contributed by atoms with Crippen molar-refractivity contribution in [1.29, 1.82) is 0 Å². The zero-order valence-electron chi connectivity index (χ0n) is 20.0. The van der Waals surface area contributed by atoms with Crippen LogP contribution in [0.5, 0.6) is 0 Å². The first-order valence-corrected chi connectivity index (χ1v) is 11.4. The summed E-state index contributed by atoms with van der Waals surface area (Å²) in [6.45, 7) is 4.43. The average Bonchev–Trinajstić information content (AvgIpc) is 3.23. The van der Waals surface area contributed by atoms with Crippen molar-refractivity contribution in [2.45, 2.75) is 25.1 Å². The molecule has 35 heavy (non-hydrogen) atoms. The lowest BCUT2D eigenvalue weighted by Gasteiger charge is -2.34. The Morgan fingerprint density at radius 1 is 1.17 bits per heavy atom. The van der Waals surface area contributed by atoms with Crippen LogP contribution in [0.15, 0.2) is 60.2 Å². The second-order valence-electron chi connectivity index (χ2n) is 9.05. The Morgan fingerprint density at radius 2 is 1.91 bits per heavy atom. The fourth-order valence-corrected chi connectivity index (χ4v) is 4.32. The Bertz CT molecular complexity index is 1280. The minimum Gasteiger partial charge on any atom is -0.400 e. The van der Waals surface area contributed by atoms with E-state index in [2.05, 4.69) is 24.8 Å². The molecule has 4 rings (SSSR count). The molecular weight excluding hydrogens is 455 g/mol. The monoisotopic (exact) mass is 485 g/mol. The molecule has 1 aliphatic carbocycles. The van der Waals surface area contributed by atoms with Gasteiger partial charge in [0.05, 0.1) is 11.4 Å². The van der Waals surface area contributed by atoms with E-state index in [0.717, 1.165) is 31.5 Å². The van der Waals surface area contributed by atoms with Crippen molar-refractivity contribution in [2.24, 2.45) is 11.5 Å². The average molecular weight is 486 g/mol. The number of allylic oxidation sites excluding steroid dienone is 1. The first-order chi connectivity index (χ1) is 16.5. The normalized spacial score (nSPS) is 18.6. The first kappa shape index (κ1) is 24.7. The number of alkyl halides is 3. The molecule has 3 aromatic rings. The number of H-pyrrole nitrogens is 1. The van der Waals surface area contributed by atoms with E-state index in [1.807, 2.05) is 33.2 Å². The molecule has 1 atom stereocenters. The number of aromatic amines is 1. The zero-order chi connectivity index (χ0) is 25.4. The highest BCUT2D eigenvalue weighted by Crippen LogP contribution is 2.40. The maximum atomic E-state index is 13.9. The van der Waals surface area contributed by atoms with Crippen LogP contribution >= 0.6 is 0 Å². The van der Waals surface area contributed by atoms with Crippen molar-refractivity contribution >= 4 is 10.9 Å². The van der Waals surface area contributed by atoms with E-state index in [-0.39, 0.29) is 17.9 Å². The van der Waals surface area contributed by atoms with Gasteiger partial charge >= 0.3 is 6.18 Å². The summed E-state index contributed by atoms with van der Waals surface area (Å²) in [4.78, 5) is 15.7. The molecule has 2 heterocycles. The van der Waals surface area contributed by atoms with Gasteiger partial charge in [-0.2, -0.15) is 13.2 Å². The summed E-state index contributed by atoms with van der Waals surface area (Å²) in [6, 6.07) is 7.13. The van der Waals surface area contributed by atoms with Crippen molar-refractivity contribution in [3.05, 3.63) is 71.6 Å². The smallest absolute Gasteiger partial charge is 0.400 e. The number of likely N-dealkylation sites (N-methyl/N-ethyl adjacent to an activating group) is 2. The summed E-state index contributed by atoms with van der Waals surface area (Å²) in [5.41, 5.74) is 13.2. The highest BCUT2D eigenvalue weighted by atomic mass is 19.4.